The number of likely N-dealkylation sites (N-methyl/N-ethyl adjacent to an activating group) is 1. The summed E-state index contributed by atoms with van der Waals surface area (Å²) in [6.07, 6.45) is -0.209. The molecule has 0 aliphatic rings. The molecule has 0 bridgehead atoms. The highest BCUT2D eigenvalue weighted by Crippen LogP contribution is 2.19. The Kier molecular flexibility index (Phi) is 6.85. The molecule has 0 spiro atoms. The zero-order chi connectivity index (χ0) is 16.0. The number of carbonyl (C=O) groups excluding carboxylic acids is 1. The second-order valence-corrected chi connectivity index (χ2v) is 5.85. The first-order valence-electron chi connectivity index (χ1n) is 7.72. The second-order valence-electron chi connectivity index (χ2n) is 5.85. The molecule has 0 aromatic heterocycles. The predicted molar refractivity (Wildman–Crippen MR) is 87.4 cm³/mol. The molecule has 1 aromatic rings. The van der Waals surface area contributed by atoms with E-state index < -0.39 is 6.10 Å². The number of aliphatic hydroxyl groups excluding tert-OH is 1. The van der Waals surface area contributed by atoms with Crippen molar-refractivity contribution in [2.24, 2.45) is 5.92 Å². The average Bonchev–Trinajstić information content (AvgIpc) is 2.46. The highest BCUT2D eigenvalue weighted by atomic mass is 16.3. The van der Waals surface area contributed by atoms with E-state index in [2.05, 4.69) is 32.6 Å². The number of nitrogen functional groups attached to an aromatic ring is 1. The van der Waals surface area contributed by atoms with Gasteiger partial charge in [-0.1, -0.05) is 27.7 Å². The van der Waals surface area contributed by atoms with Crippen molar-refractivity contribution in [3.63, 3.8) is 0 Å². The molecule has 21 heavy (non-hydrogen) atoms. The van der Waals surface area contributed by atoms with Crippen LogP contribution in [0.1, 0.15) is 44.5 Å². The Labute approximate surface area is 128 Å². The van der Waals surface area contributed by atoms with E-state index in [1.807, 2.05) is 0 Å². The number of aliphatic hydroxyl groups is 1. The summed E-state index contributed by atoms with van der Waals surface area (Å²) in [5.74, 6) is 0.192. The van der Waals surface area contributed by atoms with Crippen molar-refractivity contribution >= 4 is 11.5 Å². The number of anilines is 1. The Hall–Kier alpha value is -1.39. The van der Waals surface area contributed by atoms with Crippen LogP contribution >= 0.6 is 0 Å². The molecule has 118 valence electrons. The maximum absolute atomic E-state index is 12.5. The van der Waals surface area contributed by atoms with Crippen LogP contribution in [-0.2, 0) is 0 Å². The minimum absolute atomic E-state index is 0.148. The molecule has 1 aromatic carbocycles. The number of hydrogen-bond donors (Lipinski definition) is 2. The van der Waals surface area contributed by atoms with Crippen LogP contribution in [0.15, 0.2) is 24.3 Å². The number of benzene rings is 1. The number of nitrogens with two attached hydrogens (primary N) is 1. The molecule has 1 unspecified atom stereocenters. The van der Waals surface area contributed by atoms with E-state index in [0.717, 1.165) is 19.5 Å². The van der Waals surface area contributed by atoms with Crippen molar-refractivity contribution in [3.8, 4) is 0 Å². The van der Waals surface area contributed by atoms with Crippen LogP contribution in [0.2, 0.25) is 0 Å². The Morgan fingerprint density at radius 2 is 1.71 bits per heavy atom. The highest BCUT2D eigenvalue weighted by molar-refractivity contribution is 6.00. The van der Waals surface area contributed by atoms with Gasteiger partial charge in [-0.3, -0.25) is 9.69 Å². The van der Waals surface area contributed by atoms with Crippen molar-refractivity contribution in [1.82, 2.24) is 4.90 Å². The van der Waals surface area contributed by atoms with Gasteiger partial charge in [0.1, 0.15) is 6.10 Å². The van der Waals surface area contributed by atoms with Gasteiger partial charge >= 0.3 is 0 Å². The first-order valence-corrected chi connectivity index (χ1v) is 7.72. The number of carbonyl (C=O) groups is 1. The summed E-state index contributed by atoms with van der Waals surface area (Å²) in [6, 6.07) is 6.58. The van der Waals surface area contributed by atoms with Crippen LogP contribution in [0.5, 0.6) is 0 Å². The standard InChI is InChI=1S/C17H28N2O2/c1-5-19(6-2)15(11-12(3)4)17(21)16(20)13-7-9-14(18)10-8-13/h7-10,12,15,17,21H,5-6,11,18H2,1-4H3/t15-,17?/m0/s1. The molecule has 0 heterocycles. The molecular weight excluding hydrogens is 264 g/mol. The average molecular weight is 292 g/mol. The molecule has 2 atom stereocenters. The predicted octanol–water partition coefficient (Wildman–Crippen LogP) is 2.57. The minimum atomic E-state index is -1.00. The Morgan fingerprint density at radius 3 is 2.14 bits per heavy atom. The zero-order valence-corrected chi connectivity index (χ0v) is 13.5. The summed E-state index contributed by atoms with van der Waals surface area (Å²) in [4.78, 5) is 14.7. The number of ketones is 1. The van der Waals surface area contributed by atoms with Gasteiger partial charge in [-0.15, -0.1) is 0 Å². The number of nitrogens with zero attached hydrogens (tertiary/aromatic N) is 1. The fourth-order valence-corrected chi connectivity index (χ4v) is 2.65. The summed E-state index contributed by atoms with van der Waals surface area (Å²) in [5.41, 5.74) is 6.76. The van der Waals surface area contributed by atoms with Crippen LogP contribution in [0.3, 0.4) is 0 Å². The molecule has 0 radical (unpaired) electrons. The van der Waals surface area contributed by atoms with Crippen LogP contribution in [0.25, 0.3) is 0 Å². The molecule has 3 N–H and O–H groups in total. The Balaban J connectivity index is 2.95. The SMILES string of the molecule is CCN(CC)[C@@H](CC(C)C)C(O)C(=O)c1ccc(N)cc1. The van der Waals surface area contributed by atoms with Crippen molar-refractivity contribution in [2.45, 2.75) is 46.3 Å². The normalized spacial score (nSPS) is 14.4. The molecule has 0 amide bonds. The molecule has 0 aliphatic heterocycles. The lowest BCUT2D eigenvalue weighted by molar-refractivity contribution is 0.0354. The molecule has 4 heteroatoms. The van der Waals surface area contributed by atoms with E-state index >= 15 is 0 Å². The summed E-state index contributed by atoms with van der Waals surface area (Å²) in [7, 11) is 0. The lowest BCUT2D eigenvalue weighted by atomic mass is 9.92. The van der Waals surface area contributed by atoms with Crippen molar-refractivity contribution < 1.29 is 9.90 Å². The lowest BCUT2D eigenvalue weighted by Crippen LogP contribution is -2.47. The monoisotopic (exact) mass is 292 g/mol. The molecule has 0 saturated heterocycles. The third-order valence-electron chi connectivity index (χ3n) is 3.82. The van der Waals surface area contributed by atoms with E-state index in [1.54, 1.807) is 24.3 Å². The van der Waals surface area contributed by atoms with E-state index in [9.17, 15) is 9.90 Å². The quantitative estimate of drug-likeness (QED) is 0.571. The molecule has 0 fully saturated rings. The van der Waals surface area contributed by atoms with Crippen LogP contribution in [0.4, 0.5) is 5.69 Å². The van der Waals surface area contributed by atoms with Crippen molar-refractivity contribution in [2.75, 3.05) is 18.8 Å². The van der Waals surface area contributed by atoms with Gasteiger partial charge in [0.15, 0.2) is 5.78 Å². The summed E-state index contributed by atoms with van der Waals surface area (Å²) < 4.78 is 0. The first-order chi connectivity index (χ1) is 9.90. The van der Waals surface area contributed by atoms with E-state index in [4.69, 9.17) is 5.73 Å². The van der Waals surface area contributed by atoms with E-state index in [0.29, 0.717) is 17.2 Å². The minimum Gasteiger partial charge on any atom is -0.399 e. The van der Waals surface area contributed by atoms with Crippen molar-refractivity contribution in [1.29, 1.82) is 0 Å². The van der Waals surface area contributed by atoms with Gasteiger partial charge in [0.2, 0.25) is 0 Å². The maximum atomic E-state index is 12.5. The van der Waals surface area contributed by atoms with Crippen molar-refractivity contribution in [3.05, 3.63) is 29.8 Å². The van der Waals surface area contributed by atoms with Crippen LogP contribution < -0.4 is 5.73 Å². The fraction of sp³-hybridized carbons (Fsp3) is 0.588. The number of Topliss-reactive ketones (excluding diaryl/α,β-unsaturated/α-hetero) is 1. The van der Waals surface area contributed by atoms with Gasteiger partial charge in [0, 0.05) is 17.3 Å². The molecule has 1 rings (SSSR count). The zero-order valence-electron chi connectivity index (χ0n) is 13.5. The fourth-order valence-electron chi connectivity index (χ4n) is 2.65. The van der Waals surface area contributed by atoms with Crippen LogP contribution in [0, 0.1) is 5.92 Å². The maximum Gasteiger partial charge on any atom is 0.192 e. The highest BCUT2D eigenvalue weighted by Gasteiger charge is 2.30. The summed E-state index contributed by atoms with van der Waals surface area (Å²) in [6.45, 7) is 9.96. The summed E-state index contributed by atoms with van der Waals surface area (Å²) in [5, 5.41) is 10.6. The van der Waals surface area contributed by atoms with Gasteiger partial charge in [0.05, 0.1) is 0 Å². The van der Waals surface area contributed by atoms with Gasteiger partial charge < -0.3 is 10.8 Å². The Bertz CT molecular complexity index is 439. The third kappa shape index (κ3) is 4.83. The van der Waals surface area contributed by atoms with E-state index in [-0.39, 0.29) is 11.8 Å². The number of rotatable bonds is 8. The number of hydrogen-bond acceptors (Lipinski definition) is 4. The lowest BCUT2D eigenvalue weighted by Gasteiger charge is -2.34. The second kappa shape index (κ2) is 8.15. The van der Waals surface area contributed by atoms with Gasteiger partial charge in [-0.2, -0.15) is 0 Å². The van der Waals surface area contributed by atoms with Gasteiger partial charge in [-0.25, -0.2) is 0 Å². The molecular formula is C17H28N2O2. The van der Waals surface area contributed by atoms with Gasteiger partial charge in [0.25, 0.3) is 0 Å². The van der Waals surface area contributed by atoms with Gasteiger partial charge in [-0.05, 0) is 49.7 Å². The largest absolute Gasteiger partial charge is 0.399 e. The molecule has 0 saturated carbocycles. The van der Waals surface area contributed by atoms with Crippen LogP contribution in [-0.4, -0.2) is 41.0 Å². The molecule has 0 aliphatic carbocycles. The molecule has 4 nitrogen and oxygen atoms in total. The topological polar surface area (TPSA) is 66.6 Å². The summed E-state index contributed by atoms with van der Waals surface area (Å²) >= 11 is 0. The Morgan fingerprint density at radius 1 is 1.19 bits per heavy atom. The van der Waals surface area contributed by atoms with E-state index in [1.165, 1.54) is 0 Å². The first kappa shape index (κ1) is 17.7. The third-order valence-corrected chi connectivity index (χ3v) is 3.82. The smallest absolute Gasteiger partial charge is 0.192 e.